The summed E-state index contributed by atoms with van der Waals surface area (Å²) in [5, 5.41) is 11.1. The number of benzene rings is 1. The number of anilines is 1. The lowest BCUT2D eigenvalue weighted by Gasteiger charge is -2.21. The first-order valence-corrected chi connectivity index (χ1v) is 12.3. The SMILES string of the molecule is COc1c(Cl)c2c(c(OC)c1OC)-c1ccc(OC)c(=O)cc1[C@@H](NC(=S)Nc1onc(C)c1C)CC2. The molecule has 1 aliphatic rings. The molecule has 0 radical (unpaired) electrons. The van der Waals surface area contributed by atoms with Crippen LogP contribution in [0, 0.1) is 13.8 Å². The Kier molecular flexibility index (Phi) is 7.79. The average Bonchev–Trinajstić information content (AvgIpc) is 3.03. The maximum atomic E-state index is 13.0. The van der Waals surface area contributed by atoms with Crippen LogP contribution >= 0.6 is 23.8 Å². The van der Waals surface area contributed by atoms with E-state index in [1.807, 2.05) is 19.9 Å². The van der Waals surface area contributed by atoms with Gasteiger partial charge in [0.2, 0.25) is 17.1 Å². The number of hydrogen-bond acceptors (Lipinski definition) is 8. The fraction of sp³-hybridized carbons (Fsp3) is 0.346. The molecule has 196 valence electrons. The van der Waals surface area contributed by atoms with Crippen LogP contribution in [0.2, 0.25) is 5.02 Å². The van der Waals surface area contributed by atoms with E-state index in [9.17, 15) is 4.79 Å². The van der Waals surface area contributed by atoms with Gasteiger partial charge in [0.15, 0.2) is 22.4 Å². The van der Waals surface area contributed by atoms with Crippen LogP contribution in [0.3, 0.4) is 0 Å². The smallest absolute Gasteiger partial charge is 0.233 e. The Labute approximate surface area is 225 Å². The number of nitrogens with one attached hydrogen (secondary N) is 2. The fourth-order valence-corrected chi connectivity index (χ4v) is 5.10. The summed E-state index contributed by atoms with van der Waals surface area (Å²) in [6, 6.07) is 4.64. The molecule has 0 spiro atoms. The molecule has 0 bridgehead atoms. The van der Waals surface area contributed by atoms with E-state index < -0.39 is 0 Å². The van der Waals surface area contributed by atoms with Crippen molar-refractivity contribution in [3.05, 3.63) is 55.8 Å². The van der Waals surface area contributed by atoms with E-state index in [1.165, 1.54) is 21.3 Å². The second kappa shape index (κ2) is 10.9. The maximum absolute atomic E-state index is 13.0. The van der Waals surface area contributed by atoms with E-state index in [-0.39, 0.29) is 17.2 Å². The molecule has 37 heavy (non-hydrogen) atoms. The highest BCUT2D eigenvalue weighted by Gasteiger charge is 2.32. The summed E-state index contributed by atoms with van der Waals surface area (Å²) in [4.78, 5) is 13.0. The highest BCUT2D eigenvalue weighted by atomic mass is 35.5. The molecule has 1 aromatic heterocycles. The Morgan fingerprint density at radius 1 is 1.08 bits per heavy atom. The number of aromatic nitrogens is 1. The van der Waals surface area contributed by atoms with Crippen molar-refractivity contribution in [3.8, 4) is 34.1 Å². The fourth-order valence-electron chi connectivity index (χ4n) is 4.52. The zero-order chi connectivity index (χ0) is 26.9. The van der Waals surface area contributed by atoms with Crippen molar-refractivity contribution in [1.82, 2.24) is 10.5 Å². The predicted molar refractivity (Wildman–Crippen MR) is 146 cm³/mol. The predicted octanol–water partition coefficient (Wildman–Crippen LogP) is 4.98. The highest BCUT2D eigenvalue weighted by molar-refractivity contribution is 7.80. The van der Waals surface area contributed by atoms with Gasteiger partial charge in [-0.1, -0.05) is 22.8 Å². The van der Waals surface area contributed by atoms with Crippen molar-refractivity contribution in [2.24, 2.45) is 0 Å². The lowest BCUT2D eigenvalue weighted by molar-refractivity contribution is 0.325. The Morgan fingerprint density at radius 3 is 2.38 bits per heavy atom. The van der Waals surface area contributed by atoms with Gasteiger partial charge in [-0.25, -0.2) is 0 Å². The zero-order valence-electron chi connectivity index (χ0n) is 21.4. The average molecular weight is 546 g/mol. The van der Waals surface area contributed by atoms with Gasteiger partial charge >= 0.3 is 0 Å². The van der Waals surface area contributed by atoms with Gasteiger partial charge in [-0.15, -0.1) is 0 Å². The summed E-state index contributed by atoms with van der Waals surface area (Å²) >= 11 is 12.5. The number of hydrogen-bond donors (Lipinski definition) is 2. The summed E-state index contributed by atoms with van der Waals surface area (Å²) in [6.45, 7) is 3.74. The Morgan fingerprint density at radius 2 is 1.78 bits per heavy atom. The van der Waals surface area contributed by atoms with E-state index in [4.69, 9.17) is 47.3 Å². The zero-order valence-corrected chi connectivity index (χ0v) is 23.0. The number of fused-ring (bicyclic) bond motifs is 3. The second-order valence-corrected chi connectivity index (χ2v) is 9.24. The quantitative estimate of drug-likeness (QED) is 0.412. The molecular formula is C26H28ClN3O6S. The van der Waals surface area contributed by atoms with Gasteiger partial charge in [-0.3, -0.25) is 4.79 Å². The number of halogens is 1. The van der Waals surface area contributed by atoms with Crippen LogP contribution in [0.5, 0.6) is 23.0 Å². The summed E-state index contributed by atoms with van der Waals surface area (Å²) in [6.07, 6.45) is 1.09. The molecule has 3 aromatic rings. The van der Waals surface area contributed by atoms with Crippen LogP contribution in [0.4, 0.5) is 5.88 Å². The van der Waals surface area contributed by atoms with Crippen molar-refractivity contribution in [1.29, 1.82) is 0 Å². The van der Waals surface area contributed by atoms with Crippen LogP contribution in [0.15, 0.2) is 27.5 Å². The Balaban J connectivity index is 1.90. The van der Waals surface area contributed by atoms with Crippen LogP contribution in [0.25, 0.3) is 11.1 Å². The van der Waals surface area contributed by atoms with Gasteiger partial charge in [-0.05, 0) is 67.7 Å². The molecule has 4 rings (SSSR count). The third-order valence-electron chi connectivity index (χ3n) is 6.50. The van der Waals surface area contributed by atoms with Crippen molar-refractivity contribution >= 4 is 34.8 Å². The van der Waals surface area contributed by atoms with Gasteiger partial charge < -0.3 is 34.1 Å². The number of thiocarbonyl (C=S) groups is 1. The molecule has 1 atom stereocenters. The lowest BCUT2D eigenvalue weighted by atomic mass is 9.95. The van der Waals surface area contributed by atoms with Crippen LogP contribution < -0.4 is 35.0 Å². The number of ether oxygens (including phenoxy) is 4. The monoisotopic (exact) mass is 545 g/mol. The second-order valence-electron chi connectivity index (χ2n) is 8.46. The van der Waals surface area contributed by atoms with Crippen LogP contribution in [-0.4, -0.2) is 38.7 Å². The van der Waals surface area contributed by atoms with Gasteiger partial charge in [0, 0.05) is 11.1 Å². The summed E-state index contributed by atoms with van der Waals surface area (Å²) in [5.41, 5.74) is 4.28. The van der Waals surface area contributed by atoms with E-state index >= 15 is 0 Å². The van der Waals surface area contributed by atoms with Crippen molar-refractivity contribution in [3.63, 3.8) is 0 Å². The molecule has 0 saturated carbocycles. The first-order chi connectivity index (χ1) is 17.7. The molecule has 2 N–H and O–H groups in total. The topological polar surface area (TPSA) is 104 Å². The molecule has 0 unspecified atom stereocenters. The number of rotatable bonds is 6. The third kappa shape index (κ3) is 4.78. The first kappa shape index (κ1) is 26.6. The van der Waals surface area contributed by atoms with Crippen LogP contribution in [0.1, 0.15) is 34.8 Å². The Bertz CT molecular complexity index is 1420. The maximum Gasteiger partial charge on any atom is 0.233 e. The Hall–Kier alpha value is -3.50. The van der Waals surface area contributed by atoms with Gasteiger partial charge in [0.05, 0.1) is 45.2 Å². The first-order valence-electron chi connectivity index (χ1n) is 11.5. The molecule has 0 amide bonds. The molecule has 0 fully saturated rings. The number of aryl methyl sites for hydroxylation is 1. The standard InChI is InChI=1S/C26H28ClN3O6S/c1-12-13(2)30-36-25(12)29-26(37)28-17-9-7-15-20(14-8-10-19(32-3)18(31)11-16(14)17)22(33-4)24(35-6)23(34-5)21(15)27/h8,10-11,17H,7,9H2,1-6H3,(H2,28,29,37)/t17-/m0/s1. The van der Waals surface area contributed by atoms with Crippen molar-refractivity contribution in [2.75, 3.05) is 33.8 Å². The minimum absolute atomic E-state index is 0.201. The van der Waals surface area contributed by atoms with Crippen LogP contribution in [-0.2, 0) is 6.42 Å². The van der Waals surface area contributed by atoms with E-state index in [0.717, 1.165) is 22.4 Å². The minimum atomic E-state index is -0.366. The van der Waals surface area contributed by atoms with E-state index in [0.29, 0.717) is 57.2 Å². The third-order valence-corrected chi connectivity index (χ3v) is 7.12. The molecule has 1 heterocycles. The largest absolute Gasteiger partial charge is 0.493 e. The molecule has 0 aliphatic heterocycles. The van der Waals surface area contributed by atoms with Gasteiger partial charge in [0.25, 0.3) is 0 Å². The molecule has 9 nitrogen and oxygen atoms in total. The summed E-state index contributed by atoms with van der Waals surface area (Å²) < 4.78 is 27.7. The van der Waals surface area contributed by atoms with E-state index in [2.05, 4.69) is 15.8 Å². The van der Waals surface area contributed by atoms with E-state index in [1.54, 1.807) is 19.2 Å². The number of nitrogens with zero attached hydrogens (tertiary/aromatic N) is 1. The summed E-state index contributed by atoms with van der Waals surface area (Å²) in [7, 11) is 6.05. The normalized spacial score (nSPS) is 14.1. The summed E-state index contributed by atoms with van der Waals surface area (Å²) in [5.74, 6) is 1.85. The molecule has 2 aromatic carbocycles. The highest BCUT2D eigenvalue weighted by Crippen LogP contribution is 2.54. The molecule has 11 heteroatoms. The minimum Gasteiger partial charge on any atom is -0.493 e. The molecule has 0 saturated heterocycles. The van der Waals surface area contributed by atoms with Crippen molar-refractivity contribution < 1.29 is 23.5 Å². The van der Waals surface area contributed by atoms with Crippen molar-refractivity contribution in [2.45, 2.75) is 32.7 Å². The van der Waals surface area contributed by atoms with Gasteiger partial charge in [0.1, 0.15) is 0 Å². The number of methoxy groups -OCH3 is 4. The molecular weight excluding hydrogens is 518 g/mol. The lowest BCUT2D eigenvalue weighted by Crippen LogP contribution is -2.32. The van der Waals surface area contributed by atoms with Gasteiger partial charge in [-0.2, -0.15) is 0 Å². The molecule has 1 aliphatic carbocycles.